The molecule has 0 radical (unpaired) electrons. The lowest BCUT2D eigenvalue weighted by atomic mass is 9.69. The monoisotopic (exact) mass is 355 g/mol. The lowest BCUT2D eigenvalue weighted by Crippen LogP contribution is -2.51. The van der Waals surface area contributed by atoms with Crippen LogP contribution < -0.4 is 5.32 Å². The van der Waals surface area contributed by atoms with Crippen LogP contribution in [0, 0.1) is 5.41 Å². The molecule has 1 aliphatic heterocycles. The third-order valence-corrected chi connectivity index (χ3v) is 6.81. The number of pyridine rings is 1. The Kier molecular flexibility index (Phi) is 4.72. The van der Waals surface area contributed by atoms with Crippen LogP contribution in [-0.4, -0.2) is 40.8 Å². The van der Waals surface area contributed by atoms with Gasteiger partial charge in [-0.15, -0.1) is 0 Å². The molecule has 140 valence electrons. The zero-order chi connectivity index (χ0) is 18.1. The minimum Gasteiger partial charge on any atom is -0.349 e. The molecule has 1 aromatic heterocycles. The van der Waals surface area contributed by atoms with Crippen molar-refractivity contribution in [3.63, 3.8) is 0 Å². The Morgan fingerprint density at radius 2 is 2.00 bits per heavy atom. The number of carbonyl (C=O) groups is 2. The number of carbonyl (C=O) groups excluding carboxylic acids is 2. The van der Waals surface area contributed by atoms with Crippen LogP contribution in [0.3, 0.4) is 0 Å². The zero-order valence-electron chi connectivity index (χ0n) is 15.7. The molecule has 2 aliphatic carbocycles. The first-order valence-electron chi connectivity index (χ1n) is 10.1. The predicted octanol–water partition coefficient (Wildman–Crippen LogP) is 2.87. The summed E-state index contributed by atoms with van der Waals surface area (Å²) >= 11 is 0. The lowest BCUT2D eigenvalue weighted by Gasteiger charge is -2.41. The second-order valence-corrected chi connectivity index (χ2v) is 8.36. The Bertz CT molecular complexity index is 717. The Balaban J connectivity index is 1.54. The van der Waals surface area contributed by atoms with Crippen molar-refractivity contribution in [2.24, 2.45) is 5.41 Å². The van der Waals surface area contributed by atoms with E-state index in [2.05, 4.69) is 10.3 Å². The smallest absolute Gasteiger partial charge is 0.253 e. The molecule has 2 heterocycles. The summed E-state index contributed by atoms with van der Waals surface area (Å²) in [5.41, 5.74) is 3.27. The van der Waals surface area contributed by atoms with Crippen molar-refractivity contribution in [1.82, 2.24) is 15.2 Å². The topological polar surface area (TPSA) is 62.3 Å². The van der Waals surface area contributed by atoms with E-state index in [1.54, 1.807) is 13.1 Å². The SMILES string of the molecule is CC(=O)N1CCC2(CCCCC2NC(=O)c2cncc3c2CCCC3)C1. The van der Waals surface area contributed by atoms with E-state index < -0.39 is 0 Å². The van der Waals surface area contributed by atoms with Gasteiger partial charge in [-0.05, 0) is 56.1 Å². The van der Waals surface area contributed by atoms with E-state index in [9.17, 15) is 9.59 Å². The molecule has 1 saturated carbocycles. The number of nitrogens with zero attached hydrogens (tertiary/aromatic N) is 2. The molecule has 0 bridgehead atoms. The van der Waals surface area contributed by atoms with Gasteiger partial charge in [-0.2, -0.15) is 0 Å². The highest BCUT2D eigenvalue weighted by Crippen LogP contribution is 2.44. The van der Waals surface area contributed by atoms with Gasteiger partial charge < -0.3 is 10.2 Å². The summed E-state index contributed by atoms with van der Waals surface area (Å²) in [5, 5.41) is 3.36. The summed E-state index contributed by atoms with van der Waals surface area (Å²) in [6.45, 7) is 3.26. The van der Waals surface area contributed by atoms with Gasteiger partial charge in [0.1, 0.15) is 0 Å². The van der Waals surface area contributed by atoms with Gasteiger partial charge in [0.05, 0.1) is 5.56 Å². The zero-order valence-corrected chi connectivity index (χ0v) is 15.7. The van der Waals surface area contributed by atoms with Gasteiger partial charge in [0.15, 0.2) is 0 Å². The maximum Gasteiger partial charge on any atom is 0.253 e. The maximum absolute atomic E-state index is 13.1. The quantitative estimate of drug-likeness (QED) is 0.887. The average molecular weight is 355 g/mol. The van der Waals surface area contributed by atoms with E-state index in [1.807, 2.05) is 11.1 Å². The molecule has 3 aliphatic rings. The summed E-state index contributed by atoms with van der Waals surface area (Å²) in [6, 6.07) is 0.160. The van der Waals surface area contributed by atoms with Crippen LogP contribution in [0.5, 0.6) is 0 Å². The molecule has 2 amide bonds. The molecular weight excluding hydrogens is 326 g/mol. The molecule has 1 spiro atoms. The van der Waals surface area contributed by atoms with Crippen molar-refractivity contribution in [3.05, 3.63) is 29.1 Å². The minimum absolute atomic E-state index is 0.0313. The van der Waals surface area contributed by atoms with Gasteiger partial charge in [-0.3, -0.25) is 14.6 Å². The molecule has 26 heavy (non-hydrogen) atoms. The molecule has 2 unspecified atom stereocenters. The summed E-state index contributed by atoms with van der Waals surface area (Å²) in [4.78, 5) is 31.2. The second kappa shape index (κ2) is 7.01. The fourth-order valence-corrected chi connectivity index (χ4v) is 5.27. The average Bonchev–Trinajstić information content (AvgIpc) is 3.08. The molecule has 2 fully saturated rings. The number of aromatic nitrogens is 1. The highest BCUT2D eigenvalue weighted by molar-refractivity contribution is 5.96. The third kappa shape index (κ3) is 3.12. The number of rotatable bonds is 2. The van der Waals surface area contributed by atoms with Crippen molar-refractivity contribution < 1.29 is 9.59 Å². The van der Waals surface area contributed by atoms with Gasteiger partial charge in [0.2, 0.25) is 5.91 Å². The van der Waals surface area contributed by atoms with Crippen molar-refractivity contribution in [2.45, 2.75) is 70.8 Å². The van der Waals surface area contributed by atoms with E-state index in [1.165, 1.54) is 24.0 Å². The third-order valence-electron chi connectivity index (χ3n) is 6.81. The first kappa shape index (κ1) is 17.5. The van der Waals surface area contributed by atoms with E-state index in [0.717, 1.165) is 63.6 Å². The Morgan fingerprint density at radius 1 is 1.15 bits per heavy atom. The Hall–Kier alpha value is -1.91. The molecule has 5 nitrogen and oxygen atoms in total. The van der Waals surface area contributed by atoms with E-state index in [4.69, 9.17) is 0 Å². The van der Waals surface area contributed by atoms with Crippen LogP contribution in [0.4, 0.5) is 0 Å². The van der Waals surface area contributed by atoms with E-state index in [0.29, 0.717) is 0 Å². The molecule has 2 atom stereocenters. The standard InChI is InChI=1S/C21H29N3O2/c1-15(25)24-11-10-21(14-24)9-5-4-8-19(21)23-20(26)18-13-22-12-16-6-2-3-7-17(16)18/h12-13,19H,2-11,14H2,1H3,(H,23,26). The molecular formula is C21H29N3O2. The van der Waals surface area contributed by atoms with Gasteiger partial charge in [0, 0.05) is 43.9 Å². The van der Waals surface area contributed by atoms with Crippen LogP contribution in [0.1, 0.15) is 73.4 Å². The normalized spacial score (nSPS) is 28.0. The first-order valence-corrected chi connectivity index (χ1v) is 10.1. The van der Waals surface area contributed by atoms with Crippen LogP contribution in [0.2, 0.25) is 0 Å². The van der Waals surface area contributed by atoms with Crippen molar-refractivity contribution in [2.75, 3.05) is 13.1 Å². The molecule has 0 aromatic carbocycles. The molecule has 1 saturated heterocycles. The van der Waals surface area contributed by atoms with Crippen molar-refractivity contribution in [1.29, 1.82) is 0 Å². The number of likely N-dealkylation sites (tertiary alicyclic amines) is 1. The fourth-order valence-electron chi connectivity index (χ4n) is 5.27. The van der Waals surface area contributed by atoms with Gasteiger partial charge >= 0.3 is 0 Å². The Morgan fingerprint density at radius 3 is 2.81 bits per heavy atom. The van der Waals surface area contributed by atoms with Crippen molar-refractivity contribution >= 4 is 11.8 Å². The summed E-state index contributed by atoms with van der Waals surface area (Å²) in [6.07, 6.45) is 13.5. The second-order valence-electron chi connectivity index (χ2n) is 8.36. The summed E-state index contributed by atoms with van der Waals surface area (Å²) in [5.74, 6) is 0.183. The van der Waals surface area contributed by atoms with Gasteiger partial charge in [-0.1, -0.05) is 12.8 Å². The Labute approximate surface area is 155 Å². The highest BCUT2D eigenvalue weighted by atomic mass is 16.2. The lowest BCUT2D eigenvalue weighted by molar-refractivity contribution is -0.128. The molecule has 1 N–H and O–H groups in total. The van der Waals surface area contributed by atoms with Crippen LogP contribution in [-0.2, 0) is 17.6 Å². The summed E-state index contributed by atoms with van der Waals surface area (Å²) in [7, 11) is 0. The molecule has 1 aromatic rings. The van der Waals surface area contributed by atoms with Crippen LogP contribution >= 0.6 is 0 Å². The van der Waals surface area contributed by atoms with Gasteiger partial charge in [0.25, 0.3) is 5.91 Å². The largest absolute Gasteiger partial charge is 0.349 e. The number of aryl methyl sites for hydroxylation is 1. The maximum atomic E-state index is 13.1. The molecule has 4 rings (SSSR count). The number of hydrogen-bond acceptors (Lipinski definition) is 3. The molecule has 5 heteroatoms. The van der Waals surface area contributed by atoms with Gasteiger partial charge in [-0.25, -0.2) is 0 Å². The van der Waals surface area contributed by atoms with Crippen LogP contribution in [0.25, 0.3) is 0 Å². The first-order chi connectivity index (χ1) is 12.6. The summed E-state index contributed by atoms with van der Waals surface area (Å²) < 4.78 is 0. The number of fused-ring (bicyclic) bond motifs is 1. The number of nitrogens with one attached hydrogen (secondary N) is 1. The predicted molar refractivity (Wildman–Crippen MR) is 99.9 cm³/mol. The van der Waals surface area contributed by atoms with E-state index in [-0.39, 0.29) is 23.3 Å². The fraction of sp³-hybridized carbons (Fsp3) is 0.667. The number of amides is 2. The van der Waals surface area contributed by atoms with E-state index >= 15 is 0 Å². The number of hydrogen-bond donors (Lipinski definition) is 1. The van der Waals surface area contributed by atoms with Crippen LogP contribution in [0.15, 0.2) is 12.4 Å². The van der Waals surface area contributed by atoms with Crippen molar-refractivity contribution in [3.8, 4) is 0 Å². The highest BCUT2D eigenvalue weighted by Gasteiger charge is 2.47. The minimum atomic E-state index is 0.0313.